The number of anilines is 1. The molecule has 0 aliphatic carbocycles. The zero-order chi connectivity index (χ0) is 23.0. The number of rotatable bonds is 6. The number of hydrazine groups is 1. The SMILES string of the molecule is Cc1cc(-c2ccnc(C3Cc4cc(OC(C)C)ccc4NN3C)n2)nn1C(C)C(=O)O. The Labute approximate surface area is 187 Å². The molecule has 0 bridgehead atoms. The Kier molecular flexibility index (Phi) is 5.84. The summed E-state index contributed by atoms with van der Waals surface area (Å²) >= 11 is 0. The number of carboxylic acids is 1. The van der Waals surface area contributed by atoms with Crippen LogP contribution in [-0.2, 0) is 11.2 Å². The molecule has 9 nitrogen and oxygen atoms in total. The van der Waals surface area contributed by atoms with Crippen LogP contribution in [0.5, 0.6) is 5.75 Å². The number of aliphatic carboxylic acids is 1. The van der Waals surface area contributed by atoms with Crippen LogP contribution in [-0.4, -0.2) is 49.0 Å². The number of hydrogen-bond donors (Lipinski definition) is 2. The molecule has 2 unspecified atom stereocenters. The van der Waals surface area contributed by atoms with Crippen LogP contribution in [0, 0.1) is 6.92 Å². The summed E-state index contributed by atoms with van der Waals surface area (Å²) in [5.74, 6) is 0.574. The van der Waals surface area contributed by atoms with Gasteiger partial charge in [-0.1, -0.05) is 0 Å². The smallest absolute Gasteiger partial charge is 0.328 e. The summed E-state index contributed by atoms with van der Waals surface area (Å²) < 4.78 is 7.35. The molecule has 1 aliphatic heterocycles. The Bertz CT molecular complexity index is 1140. The second-order valence-electron chi connectivity index (χ2n) is 8.36. The molecule has 9 heteroatoms. The van der Waals surface area contributed by atoms with Crippen molar-refractivity contribution in [3.63, 3.8) is 0 Å². The van der Waals surface area contributed by atoms with Gasteiger partial charge in [-0.25, -0.2) is 19.8 Å². The molecule has 32 heavy (non-hydrogen) atoms. The first-order valence-electron chi connectivity index (χ1n) is 10.6. The van der Waals surface area contributed by atoms with E-state index in [4.69, 9.17) is 9.72 Å². The molecule has 2 atom stereocenters. The first-order chi connectivity index (χ1) is 15.2. The van der Waals surface area contributed by atoms with E-state index in [-0.39, 0.29) is 12.1 Å². The highest BCUT2D eigenvalue weighted by molar-refractivity contribution is 5.71. The van der Waals surface area contributed by atoms with Crippen LogP contribution in [0.3, 0.4) is 0 Å². The van der Waals surface area contributed by atoms with Crippen molar-refractivity contribution in [3.05, 3.63) is 53.6 Å². The van der Waals surface area contributed by atoms with Gasteiger partial charge in [0, 0.05) is 18.9 Å². The molecule has 0 saturated heterocycles. The van der Waals surface area contributed by atoms with Crippen LogP contribution in [0.1, 0.15) is 49.9 Å². The van der Waals surface area contributed by atoms with Gasteiger partial charge < -0.3 is 15.3 Å². The zero-order valence-corrected chi connectivity index (χ0v) is 18.9. The highest BCUT2D eigenvalue weighted by atomic mass is 16.5. The molecule has 0 radical (unpaired) electrons. The van der Waals surface area contributed by atoms with E-state index in [1.807, 2.05) is 51.0 Å². The minimum Gasteiger partial charge on any atom is -0.491 e. The average molecular weight is 437 g/mol. The molecule has 3 heterocycles. The normalized spacial score (nSPS) is 17.0. The fraction of sp³-hybridized carbons (Fsp3) is 0.391. The van der Waals surface area contributed by atoms with E-state index in [0.29, 0.717) is 17.2 Å². The Balaban J connectivity index is 1.63. The number of hydrogen-bond acceptors (Lipinski definition) is 7. The Morgan fingerprint density at radius 3 is 2.72 bits per heavy atom. The number of aryl methyl sites for hydroxylation is 1. The third-order valence-corrected chi connectivity index (χ3v) is 5.51. The third-order valence-electron chi connectivity index (χ3n) is 5.51. The van der Waals surface area contributed by atoms with E-state index in [2.05, 4.69) is 21.6 Å². The number of benzene rings is 1. The van der Waals surface area contributed by atoms with Gasteiger partial charge in [0.1, 0.15) is 23.3 Å². The Hall–Kier alpha value is -3.46. The summed E-state index contributed by atoms with van der Waals surface area (Å²) in [6.07, 6.45) is 2.55. The topological polar surface area (TPSA) is 105 Å². The van der Waals surface area contributed by atoms with Crippen molar-refractivity contribution in [1.29, 1.82) is 0 Å². The number of ether oxygens (including phenoxy) is 1. The van der Waals surface area contributed by atoms with Crippen LogP contribution in [0.2, 0.25) is 0 Å². The molecule has 1 aromatic carbocycles. The molecule has 1 aliphatic rings. The molecule has 3 aromatic rings. The summed E-state index contributed by atoms with van der Waals surface area (Å²) in [7, 11) is 1.97. The number of carbonyl (C=O) groups is 1. The molecule has 0 saturated carbocycles. The highest BCUT2D eigenvalue weighted by Gasteiger charge is 2.28. The first-order valence-corrected chi connectivity index (χ1v) is 10.6. The predicted molar refractivity (Wildman–Crippen MR) is 120 cm³/mol. The molecule has 4 rings (SSSR count). The minimum atomic E-state index is -0.930. The van der Waals surface area contributed by atoms with Crippen molar-refractivity contribution >= 4 is 11.7 Å². The van der Waals surface area contributed by atoms with E-state index < -0.39 is 12.0 Å². The van der Waals surface area contributed by atoms with Gasteiger partial charge in [-0.15, -0.1) is 0 Å². The maximum absolute atomic E-state index is 11.4. The zero-order valence-electron chi connectivity index (χ0n) is 18.9. The van der Waals surface area contributed by atoms with Crippen molar-refractivity contribution in [1.82, 2.24) is 24.8 Å². The fourth-order valence-electron chi connectivity index (χ4n) is 3.86. The Morgan fingerprint density at radius 2 is 2.00 bits per heavy atom. The minimum absolute atomic E-state index is 0.0853. The van der Waals surface area contributed by atoms with Crippen molar-refractivity contribution in [2.75, 3.05) is 12.5 Å². The van der Waals surface area contributed by atoms with E-state index in [1.165, 1.54) is 4.68 Å². The largest absolute Gasteiger partial charge is 0.491 e. The number of carboxylic acid groups (broad SMARTS) is 1. The third kappa shape index (κ3) is 4.29. The van der Waals surface area contributed by atoms with Crippen molar-refractivity contribution in [2.24, 2.45) is 0 Å². The Morgan fingerprint density at radius 1 is 1.22 bits per heavy atom. The van der Waals surface area contributed by atoms with Gasteiger partial charge in [0.05, 0.1) is 23.5 Å². The second kappa shape index (κ2) is 8.58. The number of likely N-dealkylation sites (N-methyl/N-ethyl adjacent to an activating group) is 1. The van der Waals surface area contributed by atoms with Crippen molar-refractivity contribution in [2.45, 2.75) is 52.3 Å². The number of aromatic nitrogens is 4. The van der Waals surface area contributed by atoms with Gasteiger partial charge in [-0.2, -0.15) is 5.10 Å². The second-order valence-corrected chi connectivity index (χ2v) is 8.36. The van der Waals surface area contributed by atoms with E-state index in [1.54, 1.807) is 19.2 Å². The standard InChI is InChI=1S/C23H28N6O3/c1-13(2)32-17-6-7-18-16(11-17)12-21(28(5)26-18)22-24-9-8-19(25-22)20-10-14(3)29(27-20)15(4)23(30)31/h6-11,13,15,21,26H,12H2,1-5H3,(H,30,31). The van der Waals surface area contributed by atoms with E-state index in [0.717, 1.165) is 29.1 Å². The molecule has 168 valence electrons. The van der Waals surface area contributed by atoms with Gasteiger partial charge in [-0.3, -0.25) is 4.68 Å². The maximum Gasteiger partial charge on any atom is 0.328 e. The van der Waals surface area contributed by atoms with Gasteiger partial charge in [0.15, 0.2) is 0 Å². The molecule has 2 N–H and O–H groups in total. The fourth-order valence-corrected chi connectivity index (χ4v) is 3.86. The quantitative estimate of drug-likeness (QED) is 0.603. The molecule has 0 fully saturated rings. The predicted octanol–water partition coefficient (Wildman–Crippen LogP) is 3.64. The molecule has 0 spiro atoms. The summed E-state index contributed by atoms with van der Waals surface area (Å²) in [5, 5.41) is 15.8. The van der Waals surface area contributed by atoms with Crippen molar-refractivity contribution < 1.29 is 14.6 Å². The summed E-state index contributed by atoms with van der Waals surface area (Å²) in [5.41, 5.74) is 7.62. The van der Waals surface area contributed by atoms with Gasteiger partial charge in [0.2, 0.25) is 0 Å². The van der Waals surface area contributed by atoms with Crippen LogP contribution < -0.4 is 10.2 Å². The van der Waals surface area contributed by atoms with Gasteiger partial charge >= 0.3 is 5.97 Å². The number of nitrogens with one attached hydrogen (secondary N) is 1. The monoisotopic (exact) mass is 436 g/mol. The number of nitrogens with zero attached hydrogens (tertiary/aromatic N) is 5. The van der Waals surface area contributed by atoms with E-state index in [9.17, 15) is 9.90 Å². The summed E-state index contributed by atoms with van der Waals surface area (Å²) in [6, 6.07) is 8.85. The molecule has 2 aromatic heterocycles. The molecule has 0 amide bonds. The van der Waals surface area contributed by atoms with Crippen LogP contribution >= 0.6 is 0 Å². The maximum atomic E-state index is 11.4. The molecular formula is C23H28N6O3. The first kappa shape index (κ1) is 21.8. The van der Waals surface area contributed by atoms with Crippen LogP contribution in [0.4, 0.5) is 5.69 Å². The summed E-state index contributed by atoms with van der Waals surface area (Å²) in [6.45, 7) is 7.46. The average Bonchev–Trinajstić information content (AvgIpc) is 3.14. The lowest BCUT2D eigenvalue weighted by atomic mass is 10.0. The van der Waals surface area contributed by atoms with Gasteiger partial charge in [-0.05, 0) is 70.0 Å². The van der Waals surface area contributed by atoms with Crippen LogP contribution in [0.15, 0.2) is 36.5 Å². The lowest BCUT2D eigenvalue weighted by molar-refractivity contribution is -0.140. The van der Waals surface area contributed by atoms with Crippen molar-refractivity contribution in [3.8, 4) is 17.1 Å². The van der Waals surface area contributed by atoms with E-state index >= 15 is 0 Å². The van der Waals surface area contributed by atoms with Crippen LogP contribution in [0.25, 0.3) is 11.4 Å². The lowest BCUT2D eigenvalue weighted by Crippen LogP contribution is -2.36. The molecular weight excluding hydrogens is 408 g/mol. The number of fused-ring (bicyclic) bond motifs is 1. The van der Waals surface area contributed by atoms with Gasteiger partial charge in [0.25, 0.3) is 0 Å². The summed E-state index contributed by atoms with van der Waals surface area (Å²) in [4.78, 5) is 20.7. The highest BCUT2D eigenvalue weighted by Crippen LogP contribution is 2.34. The lowest BCUT2D eigenvalue weighted by Gasteiger charge is -2.34.